The summed E-state index contributed by atoms with van der Waals surface area (Å²) in [6.07, 6.45) is 0. The van der Waals surface area contributed by atoms with Crippen molar-refractivity contribution < 1.29 is 14.4 Å². The van der Waals surface area contributed by atoms with Gasteiger partial charge in [0.25, 0.3) is 5.91 Å². The normalized spacial score (nSPS) is 19.8. The molecule has 2 N–H and O–H groups in total. The first-order chi connectivity index (χ1) is 8.90. The van der Waals surface area contributed by atoms with E-state index in [1.54, 1.807) is 6.92 Å². The van der Waals surface area contributed by atoms with Gasteiger partial charge in [0.2, 0.25) is 17.6 Å². The molecule has 1 atom stereocenters. The van der Waals surface area contributed by atoms with Gasteiger partial charge in [-0.3, -0.25) is 24.8 Å². The van der Waals surface area contributed by atoms with Gasteiger partial charge in [-0.05, 0) is 6.92 Å². The lowest BCUT2D eigenvalue weighted by atomic mass is 10.2. The lowest BCUT2D eigenvalue weighted by Crippen LogP contribution is -2.58. The molecule has 1 aromatic heterocycles. The molecule has 1 aromatic rings. The van der Waals surface area contributed by atoms with Crippen LogP contribution in [0.5, 0.6) is 0 Å². The average molecular weight is 265 g/mol. The molecule has 2 heterocycles. The van der Waals surface area contributed by atoms with E-state index >= 15 is 0 Å². The number of piperazine rings is 1. The minimum atomic E-state index is -0.716. The van der Waals surface area contributed by atoms with Crippen molar-refractivity contribution >= 4 is 17.7 Å². The van der Waals surface area contributed by atoms with Gasteiger partial charge >= 0.3 is 0 Å². The number of rotatable bonds is 2. The molecule has 0 bridgehead atoms. The Labute approximate surface area is 109 Å². The maximum absolute atomic E-state index is 12.2. The Kier molecular flexibility index (Phi) is 3.32. The topological polar surface area (TPSA) is 108 Å². The Morgan fingerprint density at radius 1 is 1.42 bits per heavy atom. The number of aromatic nitrogens is 3. The first-order valence-electron chi connectivity index (χ1n) is 5.97. The van der Waals surface area contributed by atoms with E-state index < -0.39 is 23.8 Å². The summed E-state index contributed by atoms with van der Waals surface area (Å²) in [7, 11) is 0. The van der Waals surface area contributed by atoms with E-state index in [1.807, 2.05) is 13.8 Å². The van der Waals surface area contributed by atoms with Gasteiger partial charge in [0.1, 0.15) is 18.4 Å². The van der Waals surface area contributed by atoms with Crippen molar-refractivity contribution in [2.75, 3.05) is 6.54 Å². The van der Waals surface area contributed by atoms with E-state index in [0.29, 0.717) is 5.82 Å². The molecular weight excluding hydrogens is 250 g/mol. The summed E-state index contributed by atoms with van der Waals surface area (Å²) in [4.78, 5) is 40.2. The predicted octanol–water partition coefficient (Wildman–Crippen LogP) is -0.585. The van der Waals surface area contributed by atoms with Crippen LogP contribution in [0.25, 0.3) is 0 Å². The number of imide groups is 1. The molecule has 1 unspecified atom stereocenters. The summed E-state index contributed by atoms with van der Waals surface area (Å²) in [5, 5.41) is 8.66. The molecule has 0 aromatic carbocycles. The smallest absolute Gasteiger partial charge is 0.294 e. The minimum absolute atomic E-state index is 0.0296. The third-order valence-electron chi connectivity index (χ3n) is 2.93. The van der Waals surface area contributed by atoms with Crippen LogP contribution in [-0.4, -0.2) is 50.4 Å². The molecule has 3 amide bonds. The summed E-state index contributed by atoms with van der Waals surface area (Å²) in [5.74, 6) is -0.862. The van der Waals surface area contributed by atoms with Crippen LogP contribution in [0.2, 0.25) is 0 Å². The molecule has 1 saturated heterocycles. The van der Waals surface area contributed by atoms with Crippen molar-refractivity contribution in [2.24, 2.45) is 0 Å². The fourth-order valence-corrected chi connectivity index (χ4v) is 1.72. The third kappa shape index (κ3) is 2.47. The van der Waals surface area contributed by atoms with Gasteiger partial charge in [0, 0.05) is 5.92 Å². The van der Waals surface area contributed by atoms with Crippen molar-refractivity contribution in [3.05, 3.63) is 11.6 Å². The molecule has 0 aliphatic carbocycles. The maximum Gasteiger partial charge on any atom is 0.294 e. The predicted molar refractivity (Wildman–Crippen MR) is 64.1 cm³/mol. The fraction of sp³-hybridized carbons (Fsp3) is 0.545. The molecule has 1 aliphatic heterocycles. The second-order valence-corrected chi connectivity index (χ2v) is 4.72. The van der Waals surface area contributed by atoms with E-state index in [1.165, 1.54) is 0 Å². The summed E-state index contributed by atoms with van der Waals surface area (Å²) >= 11 is 0. The van der Waals surface area contributed by atoms with Gasteiger partial charge in [0.05, 0.1) is 0 Å². The molecule has 19 heavy (non-hydrogen) atoms. The van der Waals surface area contributed by atoms with Crippen molar-refractivity contribution in [1.82, 2.24) is 25.4 Å². The Morgan fingerprint density at radius 3 is 2.68 bits per heavy atom. The molecule has 0 spiro atoms. The Balaban J connectivity index is 2.22. The highest BCUT2D eigenvalue weighted by Crippen LogP contribution is 2.12. The number of hydrogen-bond acceptors (Lipinski definition) is 5. The zero-order valence-electron chi connectivity index (χ0n) is 10.9. The van der Waals surface area contributed by atoms with Crippen LogP contribution in [0.4, 0.5) is 0 Å². The maximum atomic E-state index is 12.2. The van der Waals surface area contributed by atoms with Crippen LogP contribution in [0, 0.1) is 0 Å². The van der Waals surface area contributed by atoms with Crippen LogP contribution in [0.3, 0.4) is 0 Å². The number of aromatic amines is 1. The Bertz CT molecular complexity index is 536. The summed E-state index contributed by atoms with van der Waals surface area (Å²) < 4.78 is 0. The molecule has 1 aliphatic rings. The number of amides is 3. The molecular formula is C11H15N5O3. The van der Waals surface area contributed by atoms with Crippen molar-refractivity contribution in [3.63, 3.8) is 0 Å². The summed E-state index contributed by atoms with van der Waals surface area (Å²) in [6, 6.07) is -0.716. The minimum Gasteiger partial charge on any atom is -0.315 e. The van der Waals surface area contributed by atoms with Crippen LogP contribution in [-0.2, 0) is 9.59 Å². The SMILES string of the molecule is CC(C)c1nc(C(=O)N2CC(=O)NC(=O)C2C)n[nH]1. The van der Waals surface area contributed by atoms with Gasteiger partial charge < -0.3 is 4.90 Å². The van der Waals surface area contributed by atoms with Gasteiger partial charge in [0.15, 0.2) is 0 Å². The molecule has 0 saturated carbocycles. The number of hydrogen-bond donors (Lipinski definition) is 2. The zero-order valence-corrected chi connectivity index (χ0v) is 10.9. The van der Waals surface area contributed by atoms with Gasteiger partial charge in [-0.2, -0.15) is 0 Å². The van der Waals surface area contributed by atoms with E-state index in [0.717, 1.165) is 4.90 Å². The van der Waals surface area contributed by atoms with Crippen molar-refractivity contribution in [3.8, 4) is 0 Å². The highest BCUT2D eigenvalue weighted by Gasteiger charge is 2.35. The molecule has 2 rings (SSSR count). The van der Waals surface area contributed by atoms with Gasteiger partial charge in [-0.25, -0.2) is 4.98 Å². The van der Waals surface area contributed by atoms with Crippen LogP contribution in [0.1, 0.15) is 43.1 Å². The van der Waals surface area contributed by atoms with Crippen LogP contribution >= 0.6 is 0 Å². The van der Waals surface area contributed by atoms with Crippen molar-refractivity contribution in [1.29, 1.82) is 0 Å². The average Bonchev–Trinajstić information content (AvgIpc) is 2.82. The lowest BCUT2D eigenvalue weighted by molar-refractivity contribution is -0.138. The third-order valence-corrected chi connectivity index (χ3v) is 2.93. The zero-order chi connectivity index (χ0) is 14.2. The molecule has 0 radical (unpaired) electrons. The fourth-order valence-electron chi connectivity index (χ4n) is 1.72. The monoisotopic (exact) mass is 265 g/mol. The van der Waals surface area contributed by atoms with E-state index in [9.17, 15) is 14.4 Å². The molecule has 8 heteroatoms. The second kappa shape index (κ2) is 4.79. The number of carbonyl (C=O) groups excluding carboxylic acids is 3. The first-order valence-corrected chi connectivity index (χ1v) is 5.97. The highest BCUT2D eigenvalue weighted by atomic mass is 16.2. The number of carbonyl (C=O) groups is 3. The second-order valence-electron chi connectivity index (χ2n) is 4.72. The largest absolute Gasteiger partial charge is 0.315 e. The standard InChI is InChI=1S/C11H15N5O3/c1-5(2)8-13-9(15-14-8)11(19)16-4-7(17)12-10(18)6(16)3/h5-6H,4H2,1-3H3,(H,12,17,18)(H,13,14,15). The van der Waals surface area contributed by atoms with E-state index in [2.05, 4.69) is 20.5 Å². The lowest BCUT2D eigenvalue weighted by Gasteiger charge is -2.30. The summed E-state index contributed by atoms with van der Waals surface area (Å²) in [5.41, 5.74) is 0. The highest BCUT2D eigenvalue weighted by molar-refractivity contribution is 6.06. The van der Waals surface area contributed by atoms with Crippen LogP contribution in [0.15, 0.2) is 0 Å². The molecule has 102 valence electrons. The van der Waals surface area contributed by atoms with E-state index in [-0.39, 0.29) is 18.3 Å². The Hall–Kier alpha value is -2.25. The Morgan fingerprint density at radius 2 is 2.11 bits per heavy atom. The summed E-state index contributed by atoms with van der Waals surface area (Å²) in [6.45, 7) is 5.21. The number of nitrogens with one attached hydrogen (secondary N) is 2. The van der Waals surface area contributed by atoms with Crippen LogP contribution < -0.4 is 5.32 Å². The van der Waals surface area contributed by atoms with Crippen molar-refractivity contribution in [2.45, 2.75) is 32.7 Å². The molecule has 1 fully saturated rings. The van der Waals surface area contributed by atoms with Gasteiger partial charge in [-0.1, -0.05) is 13.8 Å². The van der Waals surface area contributed by atoms with E-state index in [4.69, 9.17) is 0 Å². The molecule has 8 nitrogen and oxygen atoms in total. The number of nitrogens with zero attached hydrogens (tertiary/aromatic N) is 3. The van der Waals surface area contributed by atoms with Gasteiger partial charge in [-0.15, -0.1) is 5.10 Å². The first kappa shape index (κ1) is 13.2. The number of H-pyrrole nitrogens is 1. The quantitative estimate of drug-likeness (QED) is 0.695.